The Bertz CT molecular complexity index is 2740. The Balaban J connectivity index is 1.21. The Morgan fingerprint density at radius 1 is 0.414 bits per heavy atom. The van der Waals surface area contributed by atoms with E-state index in [4.69, 9.17) is 9.47 Å². The fourth-order valence-electron chi connectivity index (χ4n) is 8.61. The first-order chi connectivity index (χ1) is 28.2. The van der Waals surface area contributed by atoms with Crippen molar-refractivity contribution in [3.8, 4) is 56.4 Å². The van der Waals surface area contributed by atoms with Gasteiger partial charge in [0.2, 0.25) is 0 Å². The third-order valence-corrected chi connectivity index (χ3v) is 13.9. The minimum absolute atomic E-state index is 0.0604. The number of hydrogen-bond donors (Lipinski definition) is 0. The second kappa shape index (κ2) is 14.1. The number of benzene rings is 8. The van der Waals surface area contributed by atoms with E-state index in [-0.39, 0.29) is 6.71 Å². The summed E-state index contributed by atoms with van der Waals surface area (Å²) >= 11 is 0. The zero-order valence-corrected chi connectivity index (χ0v) is 34.6. The Labute approximate surface area is 343 Å². The largest absolute Gasteiger partial charge is 0.458 e. The molecular weight excluding hydrogens is 721 g/mol. The van der Waals surface area contributed by atoms with Crippen LogP contribution in [0.25, 0.3) is 33.4 Å². The van der Waals surface area contributed by atoms with Crippen molar-refractivity contribution < 1.29 is 9.47 Å². The molecule has 3 nitrogen and oxygen atoms in total. The number of hydrogen-bond acceptors (Lipinski definition) is 3. The summed E-state index contributed by atoms with van der Waals surface area (Å²) in [5.41, 5.74) is 15.9. The van der Waals surface area contributed by atoms with E-state index in [1.54, 1.807) is 0 Å². The summed E-state index contributed by atoms with van der Waals surface area (Å²) in [7, 11) is -1.68. The van der Waals surface area contributed by atoms with Crippen molar-refractivity contribution >= 4 is 53.4 Å². The number of nitrogens with zero attached hydrogens (tertiary/aromatic N) is 1. The third-order valence-electron chi connectivity index (χ3n) is 11.8. The lowest BCUT2D eigenvalue weighted by molar-refractivity contribution is 0.465. The summed E-state index contributed by atoms with van der Waals surface area (Å²) in [6.45, 7) is 11.6. The van der Waals surface area contributed by atoms with Crippen molar-refractivity contribution in [1.29, 1.82) is 0 Å². The Hall–Kier alpha value is -6.56. The molecule has 0 saturated heterocycles. The normalized spacial score (nSPS) is 12.5. The number of fused-ring (bicyclic) bond motifs is 4. The zero-order chi connectivity index (χ0) is 39.5. The molecule has 0 N–H and O–H groups in total. The van der Waals surface area contributed by atoms with Crippen LogP contribution >= 0.6 is 0 Å². The van der Waals surface area contributed by atoms with Crippen LogP contribution in [0.15, 0.2) is 176 Å². The number of ether oxygens (including phenoxy) is 2. The van der Waals surface area contributed by atoms with Gasteiger partial charge in [-0.25, -0.2) is 0 Å². The minimum atomic E-state index is -1.68. The molecule has 0 bridgehead atoms. The summed E-state index contributed by atoms with van der Waals surface area (Å²) in [5, 5.41) is 1.41. The van der Waals surface area contributed by atoms with Gasteiger partial charge in [0.05, 0.1) is 13.8 Å². The van der Waals surface area contributed by atoms with E-state index in [9.17, 15) is 0 Å². The SMILES string of the molecule is Cc1ccc(-c2ccccc2)cc1N(c1cc2c3c(c1)Oc1cc(-c4ccccc4)ccc1B3c1ccc(-c3ccccc3)cc1O2)c1cc([Si](C)(C)C)ccc1C. The third kappa shape index (κ3) is 6.32. The lowest BCUT2D eigenvalue weighted by Gasteiger charge is -2.36. The Morgan fingerprint density at radius 3 is 1.33 bits per heavy atom. The van der Waals surface area contributed by atoms with Crippen molar-refractivity contribution in [3.63, 3.8) is 0 Å². The van der Waals surface area contributed by atoms with Gasteiger partial charge in [0.15, 0.2) is 0 Å². The highest BCUT2D eigenvalue weighted by atomic mass is 28.3. The second-order valence-electron chi connectivity index (χ2n) is 16.7. The second-order valence-corrected chi connectivity index (χ2v) is 21.8. The first-order valence-electron chi connectivity index (χ1n) is 20.2. The molecule has 10 rings (SSSR count). The monoisotopic (exact) mass is 765 g/mol. The van der Waals surface area contributed by atoms with Crippen molar-refractivity contribution in [2.75, 3.05) is 4.90 Å². The zero-order valence-electron chi connectivity index (χ0n) is 33.6. The summed E-state index contributed by atoms with van der Waals surface area (Å²) in [4.78, 5) is 2.44. The fourth-order valence-corrected chi connectivity index (χ4v) is 9.77. The molecule has 0 saturated carbocycles. The van der Waals surface area contributed by atoms with Crippen molar-refractivity contribution in [2.24, 2.45) is 0 Å². The van der Waals surface area contributed by atoms with Crippen LogP contribution in [-0.2, 0) is 0 Å². The molecule has 8 aromatic rings. The van der Waals surface area contributed by atoms with Crippen LogP contribution in [0, 0.1) is 13.8 Å². The van der Waals surface area contributed by atoms with Crippen molar-refractivity contribution in [3.05, 3.63) is 187 Å². The molecule has 0 aromatic heterocycles. The molecule has 280 valence electrons. The standard InChI is InChI=1S/C53H44BNO2Si/c1-35-21-23-40(37-15-9-6-10-16-37)29-47(35)55(48-34-44(58(3,4)5)26-22-36(48)2)43-32-51-53-52(33-43)57-50-31-42(39-19-13-8-14-20-39)25-28-46(50)54(53)45-27-24-41(30-49(45)56-51)38-17-11-7-12-18-38/h6-34H,1-5H3. The maximum atomic E-state index is 7.09. The van der Waals surface area contributed by atoms with Crippen LogP contribution in [0.1, 0.15) is 11.1 Å². The van der Waals surface area contributed by atoms with E-state index >= 15 is 0 Å². The van der Waals surface area contributed by atoms with Crippen LogP contribution in [0.3, 0.4) is 0 Å². The first-order valence-corrected chi connectivity index (χ1v) is 23.7. The molecular formula is C53H44BNO2Si. The maximum absolute atomic E-state index is 7.09. The highest BCUT2D eigenvalue weighted by molar-refractivity contribution is 6.98. The molecule has 0 atom stereocenters. The Kier molecular flexibility index (Phi) is 8.72. The molecule has 5 heteroatoms. The van der Waals surface area contributed by atoms with E-state index in [2.05, 4.69) is 214 Å². The lowest BCUT2D eigenvalue weighted by Crippen LogP contribution is -2.57. The van der Waals surface area contributed by atoms with Gasteiger partial charge in [-0.2, -0.15) is 0 Å². The molecule has 0 aliphatic carbocycles. The molecule has 2 aliphatic heterocycles. The highest BCUT2D eigenvalue weighted by Crippen LogP contribution is 2.45. The molecule has 0 spiro atoms. The first kappa shape index (κ1) is 35.8. The molecule has 0 unspecified atom stereocenters. The van der Waals surface area contributed by atoms with Gasteiger partial charge in [-0.15, -0.1) is 0 Å². The summed E-state index contributed by atoms with van der Waals surface area (Å²) in [6, 6.07) is 63.5. The summed E-state index contributed by atoms with van der Waals surface area (Å²) < 4.78 is 14.2. The van der Waals surface area contributed by atoms with Gasteiger partial charge in [-0.1, -0.05) is 164 Å². The van der Waals surface area contributed by atoms with Gasteiger partial charge < -0.3 is 14.4 Å². The summed E-state index contributed by atoms with van der Waals surface area (Å²) in [6.07, 6.45) is 0. The number of aryl methyl sites for hydroxylation is 2. The average molecular weight is 766 g/mol. The molecule has 0 radical (unpaired) electrons. The van der Waals surface area contributed by atoms with Crippen LogP contribution in [0.4, 0.5) is 17.1 Å². The van der Waals surface area contributed by atoms with Gasteiger partial charge in [-0.05, 0) is 93.5 Å². The van der Waals surface area contributed by atoms with E-state index < -0.39 is 8.07 Å². The van der Waals surface area contributed by atoms with Crippen LogP contribution in [-0.4, -0.2) is 14.8 Å². The van der Waals surface area contributed by atoms with Gasteiger partial charge in [-0.3, -0.25) is 0 Å². The quantitative estimate of drug-likeness (QED) is 0.151. The van der Waals surface area contributed by atoms with Gasteiger partial charge in [0.1, 0.15) is 23.0 Å². The molecule has 58 heavy (non-hydrogen) atoms. The molecule has 8 aromatic carbocycles. The Morgan fingerprint density at radius 2 is 0.845 bits per heavy atom. The van der Waals surface area contributed by atoms with Crippen molar-refractivity contribution in [2.45, 2.75) is 33.5 Å². The predicted molar refractivity (Wildman–Crippen MR) is 248 cm³/mol. The molecule has 0 fully saturated rings. The van der Waals surface area contributed by atoms with Gasteiger partial charge >= 0.3 is 0 Å². The predicted octanol–water partition coefficient (Wildman–Crippen LogP) is 12.0. The highest BCUT2D eigenvalue weighted by Gasteiger charge is 2.41. The number of anilines is 3. The minimum Gasteiger partial charge on any atom is -0.458 e. The summed E-state index contributed by atoms with van der Waals surface area (Å²) in [5.74, 6) is 3.36. The fraction of sp³-hybridized carbons (Fsp3) is 0.0943. The van der Waals surface area contributed by atoms with E-state index in [0.29, 0.717) is 0 Å². The van der Waals surface area contributed by atoms with E-state index in [0.717, 1.165) is 78.7 Å². The van der Waals surface area contributed by atoms with Crippen LogP contribution < -0.4 is 35.9 Å². The van der Waals surface area contributed by atoms with E-state index in [1.807, 2.05) is 0 Å². The molecule has 0 amide bonds. The topological polar surface area (TPSA) is 21.7 Å². The average Bonchev–Trinajstić information content (AvgIpc) is 3.25. The van der Waals surface area contributed by atoms with Crippen molar-refractivity contribution in [1.82, 2.24) is 0 Å². The number of rotatable bonds is 7. The smallest absolute Gasteiger partial charge is 0.260 e. The van der Waals surface area contributed by atoms with Crippen LogP contribution in [0.5, 0.6) is 23.0 Å². The lowest BCUT2D eigenvalue weighted by atomic mass is 9.34. The van der Waals surface area contributed by atoms with Gasteiger partial charge in [0, 0.05) is 29.0 Å². The molecule has 2 heterocycles. The molecule has 2 aliphatic rings. The van der Waals surface area contributed by atoms with Gasteiger partial charge in [0.25, 0.3) is 6.71 Å². The van der Waals surface area contributed by atoms with Crippen LogP contribution in [0.2, 0.25) is 19.6 Å². The van der Waals surface area contributed by atoms with E-state index in [1.165, 1.54) is 27.4 Å². The maximum Gasteiger partial charge on any atom is 0.260 e.